The Labute approximate surface area is 183 Å². The summed E-state index contributed by atoms with van der Waals surface area (Å²) < 4.78 is 3.98. The second kappa shape index (κ2) is 11.6. The summed E-state index contributed by atoms with van der Waals surface area (Å²) in [6.45, 7) is 19.6. The van der Waals surface area contributed by atoms with Crippen molar-refractivity contribution in [2.24, 2.45) is 11.8 Å². The zero-order valence-electron chi connectivity index (χ0n) is 18.0. The zero-order chi connectivity index (χ0) is 18.0. The molecule has 2 aliphatic rings. The maximum atomic E-state index is 2.65. The Kier molecular flexibility index (Phi) is 11.9. The van der Waals surface area contributed by atoms with E-state index in [1.54, 1.807) is 22.3 Å². The van der Waals surface area contributed by atoms with Crippen molar-refractivity contribution in [3.8, 4) is 0 Å². The van der Waals surface area contributed by atoms with Gasteiger partial charge in [-0.05, 0) is 0 Å². The Morgan fingerprint density at radius 1 is 0.808 bits per heavy atom. The van der Waals surface area contributed by atoms with Gasteiger partial charge in [-0.1, -0.05) is 0 Å². The minimum Gasteiger partial charge on any atom is -1.00 e. The molecule has 0 bridgehead atoms. The van der Waals surface area contributed by atoms with Crippen molar-refractivity contribution in [2.75, 3.05) is 0 Å². The van der Waals surface area contributed by atoms with Crippen LogP contribution >= 0.6 is 0 Å². The number of halogens is 2. The molecule has 26 heavy (non-hydrogen) atoms. The van der Waals surface area contributed by atoms with Gasteiger partial charge in [0.15, 0.2) is 0 Å². The summed E-state index contributed by atoms with van der Waals surface area (Å²) in [5.74, 6) is 0.960. The van der Waals surface area contributed by atoms with Crippen molar-refractivity contribution in [2.45, 2.75) is 80.3 Å². The van der Waals surface area contributed by atoms with Crippen LogP contribution in [-0.4, -0.2) is 5.92 Å². The van der Waals surface area contributed by atoms with Crippen LogP contribution in [0.3, 0.4) is 0 Å². The van der Waals surface area contributed by atoms with Gasteiger partial charge >= 0.3 is 160 Å². The van der Waals surface area contributed by atoms with Crippen LogP contribution in [0.15, 0.2) is 41.0 Å². The summed E-state index contributed by atoms with van der Waals surface area (Å²) >= 11 is -1.64. The molecule has 0 aromatic rings. The monoisotopic (exact) mass is 489 g/mol. The van der Waals surface area contributed by atoms with E-state index in [1.165, 1.54) is 25.7 Å². The fourth-order valence-corrected chi connectivity index (χ4v) is 25.0. The van der Waals surface area contributed by atoms with E-state index in [1.807, 2.05) is 6.56 Å². The van der Waals surface area contributed by atoms with Gasteiger partial charge in [-0.25, -0.2) is 0 Å². The molecular weight excluding hydrogens is 454 g/mol. The van der Waals surface area contributed by atoms with Crippen molar-refractivity contribution >= 4 is 5.92 Å². The standard InChI is InChI=1S/2C10H15.C2H7Si.2ClH.Zr/c2*1-8(2)7-10-6-4-5-9(10)3;1-3-2;;;/h2*5,8H,4,7H2,1-3H3;3H,1-2H3;2*1H;/q;;;;;+2/p-2. The molecule has 0 saturated carbocycles. The van der Waals surface area contributed by atoms with Crippen LogP contribution in [0.5, 0.6) is 0 Å². The van der Waals surface area contributed by atoms with E-state index in [0.717, 1.165) is 11.8 Å². The van der Waals surface area contributed by atoms with Gasteiger partial charge in [0, 0.05) is 0 Å². The van der Waals surface area contributed by atoms with Crippen LogP contribution < -0.4 is 24.8 Å². The summed E-state index contributed by atoms with van der Waals surface area (Å²) in [7, 11) is 0. The fourth-order valence-electron chi connectivity index (χ4n) is 4.29. The van der Waals surface area contributed by atoms with E-state index >= 15 is 0 Å². The smallest absolute Gasteiger partial charge is 1.00 e. The predicted octanol–water partition coefficient (Wildman–Crippen LogP) is 0.896. The third-order valence-electron chi connectivity index (χ3n) is 5.36. The predicted molar refractivity (Wildman–Crippen MR) is 109 cm³/mol. The van der Waals surface area contributed by atoms with Crippen LogP contribution in [0.25, 0.3) is 0 Å². The fraction of sp³-hybridized carbons (Fsp3) is 0.636. The maximum Gasteiger partial charge on any atom is -1.00 e. The first-order valence-electron chi connectivity index (χ1n) is 9.88. The minimum absolute atomic E-state index is 0. The van der Waals surface area contributed by atoms with Crippen molar-refractivity contribution < 1.29 is 45.7 Å². The molecule has 4 heteroatoms. The molecule has 0 aliphatic heterocycles. The van der Waals surface area contributed by atoms with E-state index in [2.05, 4.69) is 66.8 Å². The Morgan fingerprint density at radius 2 is 1.15 bits per heavy atom. The van der Waals surface area contributed by atoms with Crippen molar-refractivity contribution in [3.63, 3.8) is 0 Å². The molecule has 2 rings (SSSR count). The number of hydrogen-bond acceptors (Lipinski definition) is 0. The van der Waals surface area contributed by atoms with Gasteiger partial charge in [0.1, 0.15) is 0 Å². The first kappa shape index (κ1) is 26.6. The average molecular weight is 492 g/mol. The number of hydrogen-bond donors (Lipinski definition) is 0. The third-order valence-corrected chi connectivity index (χ3v) is 24.8. The zero-order valence-corrected chi connectivity index (χ0v) is 23.1. The van der Waals surface area contributed by atoms with Gasteiger partial charge in [-0.15, -0.1) is 0 Å². The Balaban J connectivity index is 0.00000312. The van der Waals surface area contributed by atoms with Crippen LogP contribution in [0, 0.1) is 11.8 Å². The Hall–Kier alpha value is 0.640. The summed E-state index contributed by atoms with van der Waals surface area (Å²) in [5, 5.41) is 0. The number of rotatable bonds is 7. The molecule has 0 unspecified atom stereocenters. The molecule has 0 heterocycles. The van der Waals surface area contributed by atoms with E-state index < -0.39 is 26.8 Å². The first-order chi connectivity index (χ1) is 11.2. The molecule has 0 fully saturated rings. The molecule has 147 valence electrons. The summed E-state index contributed by atoms with van der Waals surface area (Å²) in [6.07, 6.45) is 10.3. The van der Waals surface area contributed by atoms with Crippen molar-refractivity contribution in [3.05, 3.63) is 41.0 Å². The van der Waals surface area contributed by atoms with Gasteiger partial charge in [-0.3, -0.25) is 0 Å². The van der Waals surface area contributed by atoms with Gasteiger partial charge in [0.2, 0.25) is 0 Å². The third kappa shape index (κ3) is 6.33. The number of allylic oxidation sites excluding steroid dienone is 8. The quantitative estimate of drug-likeness (QED) is 0.464. The molecule has 0 aromatic carbocycles. The molecule has 0 saturated heterocycles. The van der Waals surface area contributed by atoms with Crippen molar-refractivity contribution in [1.29, 1.82) is 0 Å². The summed E-state index contributed by atoms with van der Waals surface area (Å²) in [6, 6.07) is 0. The van der Waals surface area contributed by atoms with Crippen LogP contribution in [0.2, 0.25) is 13.1 Å². The van der Waals surface area contributed by atoms with Gasteiger partial charge < -0.3 is 24.8 Å². The van der Waals surface area contributed by atoms with Crippen LogP contribution in [0.1, 0.15) is 67.2 Å². The molecule has 0 radical (unpaired) electrons. The SMILES string of the molecule is CC1=CC[C]([Zr+2]([C]2=C(CC(C)C)C(C)=CC2)[SiH](C)C)=C1CC(C)C.[Cl-].[Cl-]. The van der Waals surface area contributed by atoms with E-state index in [-0.39, 0.29) is 24.8 Å². The Morgan fingerprint density at radius 3 is 1.42 bits per heavy atom. The topological polar surface area (TPSA) is 0 Å². The molecule has 2 aliphatic carbocycles. The first-order valence-corrected chi connectivity index (χ1v) is 19.5. The molecule has 0 atom stereocenters. The minimum atomic E-state index is -1.64. The average Bonchev–Trinajstić information content (AvgIpc) is 2.97. The normalized spacial score (nSPS) is 17.0. The molecule has 0 amide bonds. The summed E-state index contributed by atoms with van der Waals surface area (Å²) in [4.78, 5) is 0. The van der Waals surface area contributed by atoms with E-state index in [9.17, 15) is 0 Å². The van der Waals surface area contributed by atoms with Crippen LogP contribution in [0.4, 0.5) is 0 Å². The Bertz CT molecular complexity index is 560. The van der Waals surface area contributed by atoms with E-state index in [0.29, 0.717) is 0 Å². The van der Waals surface area contributed by atoms with Crippen LogP contribution in [-0.2, 0) is 20.9 Å². The molecule has 0 spiro atoms. The molecule has 0 N–H and O–H groups in total. The maximum absolute atomic E-state index is 2.65. The van der Waals surface area contributed by atoms with Gasteiger partial charge in [0.05, 0.1) is 0 Å². The van der Waals surface area contributed by atoms with E-state index in [4.69, 9.17) is 0 Å². The van der Waals surface area contributed by atoms with Gasteiger partial charge in [-0.2, -0.15) is 0 Å². The molecule has 0 nitrogen and oxygen atoms in total. The summed E-state index contributed by atoms with van der Waals surface area (Å²) in [5.41, 5.74) is 6.81. The molecular formula is C22H37Cl2SiZr. The van der Waals surface area contributed by atoms with Gasteiger partial charge in [0.25, 0.3) is 0 Å². The largest absolute Gasteiger partial charge is 1.00 e. The second-order valence-electron chi connectivity index (χ2n) is 8.86. The second-order valence-corrected chi connectivity index (χ2v) is 28.1. The van der Waals surface area contributed by atoms with Crippen molar-refractivity contribution in [1.82, 2.24) is 0 Å². The molecule has 0 aromatic heterocycles.